The van der Waals surface area contributed by atoms with Gasteiger partial charge in [-0.15, -0.1) is 0 Å². The van der Waals surface area contributed by atoms with Crippen LogP contribution in [-0.4, -0.2) is 31.6 Å². The second-order valence-electron chi connectivity index (χ2n) is 4.01. The molecule has 0 aliphatic rings. The fourth-order valence-electron chi connectivity index (χ4n) is 1.25. The topological polar surface area (TPSA) is 110 Å². The first-order valence-corrected chi connectivity index (χ1v) is 7.60. The van der Waals surface area contributed by atoms with Gasteiger partial charge in [0.1, 0.15) is 0 Å². The van der Waals surface area contributed by atoms with E-state index in [0.717, 1.165) is 6.07 Å². The molecule has 0 saturated heterocycles. The highest BCUT2D eigenvalue weighted by Gasteiger charge is 2.26. The Morgan fingerprint density at radius 3 is 2.68 bits per heavy atom. The predicted molar refractivity (Wildman–Crippen MR) is 72.2 cm³/mol. The molecule has 0 aliphatic carbocycles. The highest BCUT2D eigenvalue weighted by atomic mass is 79.9. The van der Waals surface area contributed by atoms with Crippen LogP contribution < -0.4 is 4.72 Å². The number of nitrogens with zero attached hydrogens (tertiary/aromatic N) is 1. The third kappa shape index (κ3) is 4.23. The molecule has 1 rings (SSSR count). The highest BCUT2D eigenvalue weighted by Crippen LogP contribution is 2.27. The molecule has 0 spiro atoms. The molecule has 0 bridgehead atoms. The minimum absolute atomic E-state index is 0.00248. The monoisotopic (exact) mass is 352 g/mol. The predicted octanol–water partition coefficient (Wildman–Crippen LogP) is 1.26. The zero-order valence-corrected chi connectivity index (χ0v) is 12.4. The number of hydrogen-bond donors (Lipinski definition) is 2. The van der Waals surface area contributed by atoms with Crippen molar-refractivity contribution in [1.82, 2.24) is 4.72 Å². The first-order chi connectivity index (χ1) is 8.77. The Balaban J connectivity index is 3.13. The fraction of sp³-hybridized carbons (Fsp3) is 0.400. The minimum Gasteiger partial charge on any atom is -0.396 e. The summed E-state index contributed by atoms with van der Waals surface area (Å²) in [5.41, 5.74) is -0.493. The number of rotatable bonds is 6. The third-order valence-electron chi connectivity index (χ3n) is 2.34. The van der Waals surface area contributed by atoms with E-state index < -0.39 is 25.5 Å². The molecule has 2 N–H and O–H groups in total. The maximum Gasteiger partial charge on any atom is 0.289 e. The van der Waals surface area contributed by atoms with Crippen molar-refractivity contribution in [2.24, 2.45) is 5.92 Å². The summed E-state index contributed by atoms with van der Waals surface area (Å²) in [6.07, 6.45) is 0. The molecule has 0 fully saturated rings. The Morgan fingerprint density at radius 2 is 2.16 bits per heavy atom. The summed E-state index contributed by atoms with van der Waals surface area (Å²) in [5, 5.41) is 19.7. The van der Waals surface area contributed by atoms with Gasteiger partial charge in [-0.05, 0) is 18.1 Å². The van der Waals surface area contributed by atoms with Gasteiger partial charge in [-0.25, -0.2) is 13.1 Å². The number of nitro benzene ring substituents is 1. The highest BCUT2D eigenvalue weighted by molar-refractivity contribution is 9.10. The zero-order chi connectivity index (χ0) is 14.6. The maximum absolute atomic E-state index is 12.0. The summed E-state index contributed by atoms with van der Waals surface area (Å²) in [6, 6.07) is 3.69. The first kappa shape index (κ1) is 16.0. The van der Waals surface area contributed by atoms with Gasteiger partial charge < -0.3 is 5.11 Å². The standard InChI is InChI=1S/C10H13BrN2O5S/c1-7(6-14)5-12-19(17,18)10-4-8(11)2-3-9(10)13(15)16/h2-4,7,12,14H,5-6H2,1H3. The molecule has 1 aromatic carbocycles. The molecule has 7 nitrogen and oxygen atoms in total. The second-order valence-corrected chi connectivity index (χ2v) is 6.66. The summed E-state index contributed by atoms with van der Waals surface area (Å²) in [5.74, 6) is -0.277. The van der Waals surface area contributed by atoms with Crippen molar-refractivity contribution in [3.05, 3.63) is 32.8 Å². The SMILES string of the molecule is CC(CO)CNS(=O)(=O)c1cc(Br)ccc1[N+](=O)[O-]. The number of sulfonamides is 1. The fourth-order valence-corrected chi connectivity index (χ4v) is 3.12. The lowest BCUT2D eigenvalue weighted by Gasteiger charge is -2.10. The normalized spacial score (nSPS) is 13.2. The van der Waals surface area contributed by atoms with Crippen molar-refractivity contribution >= 4 is 31.6 Å². The van der Waals surface area contributed by atoms with Crippen LogP contribution in [0.3, 0.4) is 0 Å². The van der Waals surface area contributed by atoms with Gasteiger partial charge in [-0.2, -0.15) is 0 Å². The van der Waals surface area contributed by atoms with Crippen LogP contribution >= 0.6 is 15.9 Å². The molecule has 1 unspecified atom stereocenters. The molecule has 9 heteroatoms. The van der Waals surface area contributed by atoms with Crippen LogP contribution in [0.2, 0.25) is 0 Å². The van der Waals surface area contributed by atoms with E-state index in [1.165, 1.54) is 12.1 Å². The lowest BCUT2D eigenvalue weighted by Crippen LogP contribution is -2.30. The molecule has 0 aliphatic heterocycles. The number of aliphatic hydroxyl groups is 1. The molecule has 1 atom stereocenters. The molecular formula is C10H13BrN2O5S. The van der Waals surface area contributed by atoms with Crippen molar-refractivity contribution in [2.45, 2.75) is 11.8 Å². The van der Waals surface area contributed by atoms with Crippen LogP contribution in [0.5, 0.6) is 0 Å². The van der Waals surface area contributed by atoms with Gasteiger partial charge in [-0.1, -0.05) is 22.9 Å². The second kappa shape index (κ2) is 6.42. The number of nitro groups is 1. The van der Waals surface area contributed by atoms with Gasteiger partial charge in [0.05, 0.1) is 4.92 Å². The van der Waals surface area contributed by atoms with Crippen molar-refractivity contribution in [3.63, 3.8) is 0 Å². The van der Waals surface area contributed by atoms with E-state index in [0.29, 0.717) is 4.47 Å². The van der Waals surface area contributed by atoms with E-state index in [-0.39, 0.29) is 19.1 Å². The van der Waals surface area contributed by atoms with Gasteiger partial charge in [0.25, 0.3) is 5.69 Å². The minimum atomic E-state index is -4.00. The molecule has 0 heterocycles. The van der Waals surface area contributed by atoms with Crippen LogP contribution in [0.15, 0.2) is 27.6 Å². The summed E-state index contributed by atoms with van der Waals surface area (Å²) in [4.78, 5) is 9.67. The maximum atomic E-state index is 12.0. The van der Waals surface area contributed by atoms with E-state index in [1.807, 2.05) is 0 Å². The summed E-state index contributed by atoms with van der Waals surface area (Å²) in [6.45, 7) is 1.48. The Hall–Kier alpha value is -1.03. The zero-order valence-electron chi connectivity index (χ0n) is 10.0. The first-order valence-electron chi connectivity index (χ1n) is 5.32. The summed E-state index contributed by atoms with van der Waals surface area (Å²) >= 11 is 3.08. The quantitative estimate of drug-likeness (QED) is 0.591. The van der Waals surface area contributed by atoms with E-state index in [1.54, 1.807) is 6.92 Å². The smallest absolute Gasteiger partial charge is 0.289 e. The molecule has 0 saturated carbocycles. The Morgan fingerprint density at radius 1 is 1.53 bits per heavy atom. The molecule has 19 heavy (non-hydrogen) atoms. The van der Waals surface area contributed by atoms with Crippen LogP contribution in [0.4, 0.5) is 5.69 Å². The van der Waals surface area contributed by atoms with E-state index in [4.69, 9.17) is 5.11 Å². The van der Waals surface area contributed by atoms with Gasteiger partial charge in [0.15, 0.2) is 4.90 Å². The van der Waals surface area contributed by atoms with Crippen molar-refractivity contribution in [2.75, 3.05) is 13.2 Å². The number of nitrogens with one attached hydrogen (secondary N) is 1. The average Bonchev–Trinajstić information content (AvgIpc) is 2.35. The van der Waals surface area contributed by atoms with Crippen molar-refractivity contribution < 1.29 is 18.4 Å². The largest absolute Gasteiger partial charge is 0.396 e. The van der Waals surface area contributed by atoms with Crippen LogP contribution in [-0.2, 0) is 10.0 Å². The lowest BCUT2D eigenvalue weighted by atomic mass is 10.2. The van der Waals surface area contributed by atoms with Gasteiger partial charge in [-0.3, -0.25) is 10.1 Å². The van der Waals surface area contributed by atoms with Crippen molar-refractivity contribution in [1.29, 1.82) is 0 Å². The van der Waals surface area contributed by atoms with E-state index >= 15 is 0 Å². The van der Waals surface area contributed by atoms with E-state index in [2.05, 4.69) is 20.7 Å². The third-order valence-corrected chi connectivity index (χ3v) is 4.29. The number of hydrogen-bond acceptors (Lipinski definition) is 5. The van der Waals surface area contributed by atoms with Crippen molar-refractivity contribution in [3.8, 4) is 0 Å². The Kier molecular flexibility index (Phi) is 5.41. The lowest BCUT2D eigenvalue weighted by molar-refractivity contribution is -0.387. The van der Waals surface area contributed by atoms with Crippen LogP contribution in [0, 0.1) is 16.0 Å². The summed E-state index contributed by atoms with van der Waals surface area (Å²) in [7, 11) is -4.00. The molecule has 1 aromatic rings. The summed E-state index contributed by atoms with van der Waals surface area (Å²) < 4.78 is 26.7. The molecule has 106 valence electrons. The molecule has 0 aromatic heterocycles. The number of halogens is 1. The van der Waals surface area contributed by atoms with E-state index in [9.17, 15) is 18.5 Å². The Bertz CT molecular complexity index is 575. The van der Waals surface area contributed by atoms with Gasteiger partial charge >= 0.3 is 0 Å². The van der Waals surface area contributed by atoms with Gasteiger partial charge in [0, 0.05) is 23.7 Å². The van der Waals surface area contributed by atoms with Crippen LogP contribution in [0.1, 0.15) is 6.92 Å². The molecule has 0 radical (unpaired) electrons. The number of aliphatic hydroxyl groups excluding tert-OH is 1. The molecular weight excluding hydrogens is 340 g/mol. The Labute approximate surface area is 119 Å². The average molecular weight is 353 g/mol. The van der Waals surface area contributed by atoms with Gasteiger partial charge in [0.2, 0.25) is 10.0 Å². The molecule has 0 amide bonds. The van der Waals surface area contributed by atoms with Crippen LogP contribution in [0.25, 0.3) is 0 Å². The number of benzene rings is 1.